The summed E-state index contributed by atoms with van der Waals surface area (Å²) in [6, 6.07) is 9.42. The van der Waals surface area contributed by atoms with Crippen LogP contribution in [0.3, 0.4) is 0 Å². The minimum absolute atomic E-state index is 0.179. The second-order valence-corrected chi connectivity index (χ2v) is 7.64. The number of aromatic nitrogens is 4. The van der Waals surface area contributed by atoms with Gasteiger partial charge in [-0.15, -0.1) is 0 Å². The zero-order chi connectivity index (χ0) is 20.2. The van der Waals surface area contributed by atoms with Crippen molar-refractivity contribution in [2.75, 3.05) is 18.4 Å². The van der Waals surface area contributed by atoms with Gasteiger partial charge in [-0.05, 0) is 38.4 Å². The Morgan fingerprint density at radius 1 is 1.24 bits per heavy atom. The zero-order valence-corrected chi connectivity index (χ0v) is 16.9. The van der Waals surface area contributed by atoms with Crippen LogP contribution in [0.2, 0.25) is 0 Å². The Morgan fingerprint density at radius 3 is 2.79 bits per heavy atom. The SMILES string of the molecule is Cc1nc(C2CCCN(Cc3cnn(C)c3)C2)ncc1C(=O)Nc1ccccc1. The molecule has 1 atom stereocenters. The molecule has 1 saturated heterocycles. The van der Waals surface area contributed by atoms with E-state index in [4.69, 9.17) is 4.98 Å². The maximum absolute atomic E-state index is 12.6. The van der Waals surface area contributed by atoms with Gasteiger partial charge in [-0.3, -0.25) is 14.4 Å². The molecule has 0 radical (unpaired) electrons. The molecule has 1 aromatic carbocycles. The van der Waals surface area contributed by atoms with Gasteiger partial charge in [0.25, 0.3) is 5.91 Å². The largest absolute Gasteiger partial charge is 0.322 e. The first-order chi connectivity index (χ1) is 14.1. The summed E-state index contributed by atoms with van der Waals surface area (Å²) in [5.41, 5.74) is 3.21. The number of rotatable bonds is 5. The van der Waals surface area contributed by atoms with E-state index in [0.29, 0.717) is 11.3 Å². The molecule has 0 bridgehead atoms. The third-order valence-electron chi connectivity index (χ3n) is 5.31. The average Bonchev–Trinajstić information content (AvgIpc) is 3.13. The second kappa shape index (κ2) is 8.53. The monoisotopic (exact) mass is 390 g/mol. The van der Waals surface area contributed by atoms with E-state index in [1.807, 2.05) is 55.2 Å². The molecule has 1 unspecified atom stereocenters. The number of carbonyl (C=O) groups is 1. The molecule has 1 aliphatic heterocycles. The fraction of sp³-hybridized carbons (Fsp3) is 0.364. The van der Waals surface area contributed by atoms with Gasteiger partial charge in [-0.1, -0.05) is 18.2 Å². The summed E-state index contributed by atoms with van der Waals surface area (Å²) in [4.78, 5) is 24.2. The number of carbonyl (C=O) groups excluding carboxylic acids is 1. The van der Waals surface area contributed by atoms with Crippen molar-refractivity contribution in [2.45, 2.75) is 32.2 Å². The van der Waals surface area contributed by atoms with Crippen LogP contribution in [-0.4, -0.2) is 43.6 Å². The van der Waals surface area contributed by atoms with E-state index < -0.39 is 0 Å². The van der Waals surface area contributed by atoms with Crippen molar-refractivity contribution in [2.24, 2.45) is 7.05 Å². The molecule has 1 amide bonds. The molecule has 1 fully saturated rings. The van der Waals surface area contributed by atoms with Gasteiger partial charge in [0.15, 0.2) is 0 Å². The van der Waals surface area contributed by atoms with Gasteiger partial charge in [0, 0.05) is 49.7 Å². The number of amides is 1. The van der Waals surface area contributed by atoms with Crippen LogP contribution >= 0.6 is 0 Å². The van der Waals surface area contributed by atoms with E-state index in [9.17, 15) is 4.79 Å². The predicted molar refractivity (Wildman–Crippen MR) is 112 cm³/mol. The number of piperidine rings is 1. The van der Waals surface area contributed by atoms with Crippen molar-refractivity contribution in [1.29, 1.82) is 0 Å². The first-order valence-electron chi connectivity index (χ1n) is 9.98. The standard InChI is InChI=1S/C22H26N6O/c1-16-20(22(29)26-19-8-4-3-5-9-19)12-23-21(25-16)18-7-6-10-28(15-18)14-17-11-24-27(2)13-17/h3-5,8-9,11-13,18H,6-7,10,14-15H2,1-2H3,(H,26,29). The molecule has 1 aliphatic rings. The second-order valence-electron chi connectivity index (χ2n) is 7.64. The number of likely N-dealkylation sites (tertiary alicyclic amines) is 1. The van der Waals surface area contributed by atoms with Gasteiger partial charge in [-0.25, -0.2) is 9.97 Å². The number of aryl methyl sites for hydroxylation is 2. The maximum atomic E-state index is 12.6. The molecule has 3 heterocycles. The summed E-state index contributed by atoms with van der Waals surface area (Å²) in [7, 11) is 1.94. The third-order valence-corrected chi connectivity index (χ3v) is 5.31. The molecule has 0 aliphatic carbocycles. The van der Waals surface area contributed by atoms with Crippen molar-refractivity contribution < 1.29 is 4.79 Å². The Labute approximate surface area is 170 Å². The maximum Gasteiger partial charge on any atom is 0.259 e. The van der Waals surface area contributed by atoms with Crippen molar-refractivity contribution in [1.82, 2.24) is 24.6 Å². The minimum atomic E-state index is -0.179. The Hall–Kier alpha value is -3.06. The molecule has 0 saturated carbocycles. The van der Waals surface area contributed by atoms with E-state index in [2.05, 4.69) is 26.5 Å². The summed E-state index contributed by atoms with van der Waals surface area (Å²) in [6.07, 6.45) is 7.83. The van der Waals surface area contributed by atoms with Crippen LogP contribution < -0.4 is 5.32 Å². The summed E-state index contributed by atoms with van der Waals surface area (Å²) in [6.45, 7) is 4.76. The van der Waals surface area contributed by atoms with Crippen molar-refractivity contribution in [3.05, 3.63) is 71.6 Å². The smallest absolute Gasteiger partial charge is 0.259 e. The molecule has 7 heteroatoms. The predicted octanol–water partition coefficient (Wildman–Crippen LogP) is 3.15. The molecule has 7 nitrogen and oxygen atoms in total. The first kappa shape index (κ1) is 19.3. The highest BCUT2D eigenvalue weighted by molar-refractivity contribution is 6.04. The highest BCUT2D eigenvalue weighted by Gasteiger charge is 2.25. The van der Waals surface area contributed by atoms with Crippen LogP contribution in [0.15, 0.2) is 48.9 Å². The number of nitrogens with one attached hydrogen (secondary N) is 1. The van der Waals surface area contributed by atoms with E-state index in [1.165, 1.54) is 5.56 Å². The Balaban J connectivity index is 1.43. The fourth-order valence-electron chi connectivity index (χ4n) is 3.85. The van der Waals surface area contributed by atoms with Gasteiger partial charge in [0.2, 0.25) is 0 Å². The molecular weight excluding hydrogens is 364 g/mol. The van der Waals surface area contributed by atoms with E-state index in [-0.39, 0.29) is 11.8 Å². The summed E-state index contributed by atoms with van der Waals surface area (Å²) in [5.74, 6) is 0.933. The summed E-state index contributed by atoms with van der Waals surface area (Å²) < 4.78 is 1.84. The lowest BCUT2D eigenvalue weighted by atomic mass is 9.96. The minimum Gasteiger partial charge on any atom is -0.322 e. The number of hydrogen-bond acceptors (Lipinski definition) is 5. The molecule has 2 aromatic heterocycles. The van der Waals surface area contributed by atoms with Crippen LogP contribution in [0, 0.1) is 6.92 Å². The van der Waals surface area contributed by atoms with Gasteiger partial charge >= 0.3 is 0 Å². The lowest BCUT2D eigenvalue weighted by Crippen LogP contribution is -2.34. The van der Waals surface area contributed by atoms with Crippen molar-refractivity contribution in [3.8, 4) is 0 Å². The normalized spacial score (nSPS) is 17.2. The van der Waals surface area contributed by atoms with Gasteiger partial charge < -0.3 is 5.32 Å². The van der Waals surface area contributed by atoms with Crippen LogP contribution in [0.4, 0.5) is 5.69 Å². The van der Waals surface area contributed by atoms with E-state index in [1.54, 1.807) is 6.20 Å². The van der Waals surface area contributed by atoms with Gasteiger partial charge in [-0.2, -0.15) is 5.10 Å². The Morgan fingerprint density at radius 2 is 2.07 bits per heavy atom. The topological polar surface area (TPSA) is 75.9 Å². The highest BCUT2D eigenvalue weighted by Crippen LogP contribution is 2.26. The molecule has 1 N–H and O–H groups in total. The molecule has 3 aromatic rings. The molecule has 29 heavy (non-hydrogen) atoms. The van der Waals surface area contributed by atoms with E-state index >= 15 is 0 Å². The zero-order valence-electron chi connectivity index (χ0n) is 16.9. The number of nitrogens with zero attached hydrogens (tertiary/aromatic N) is 5. The van der Waals surface area contributed by atoms with Crippen molar-refractivity contribution >= 4 is 11.6 Å². The number of hydrogen-bond donors (Lipinski definition) is 1. The first-order valence-corrected chi connectivity index (χ1v) is 9.98. The molecule has 4 rings (SSSR count). The summed E-state index contributed by atoms with van der Waals surface area (Å²) >= 11 is 0. The lowest BCUT2D eigenvalue weighted by molar-refractivity contribution is 0.102. The van der Waals surface area contributed by atoms with Crippen LogP contribution in [-0.2, 0) is 13.6 Å². The van der Waals surface area contributed by atoms with Gasteiger partial charge in [0.1, 0.15) is 5.82 Å². The van der Waals surface area contributed by atoms with Crippen LogP contribution in [0.1, 0.15) is 46.2 Å². The Kier molecular flexibility index (Phi) is 5.67. The summed E-state index contributed by atoms with van der Waals surface area (Å²) in [5, 5.41) is 7.15. The molecule has 150 valence electrons. The average molecular weight is 390 g/mol. The molecule has 0 spiro atoms. The van der Waals surface area contributed by atoms with Gasteiger partial charge in [0.05, 0.1) is 17.5 Å². The van der Waals surface area contributed by atoms with E-state index in [0.717, 1.165) is 44.0 Å². The number of para-hydroxylation sites is 1. The Bertz CT molecular complexity index is 984. The fourth-order valence-corrected chi connectivity index (χ4v) is 3.85. The quantitative estimate of drug-likeness (QED) is 0.724. The highest BCUT2D eigenvalue weighted by atomic mass is 16.1. The molecular formula is C22H26N6O. The number of benzene rings is 1. The number of anilines is 1. The van der Waals surface area contributed by atoms with Crippen LogP contribution in [0.25, 0.3) is 0 Å². The van der Waals surface area contributed by atoms with Crippen LogP contribution in [0.5, 0.6) is 0 Å². The third kappa shape index (κ3) is 4.68. The van der Waals surface area contributed by atoms with Crippen molar-refractivity contribution in [3.63, 3.8) is 0 Å². The lowest BCUT2D eigenvalue weighted by Gasteiger charge is -2.31.